The zero-order chi connectivity index (χ0) is 18.8. The number of ether oxygens (including phenoxy) is 1. The lowest BCUT2D eigenvalue weighted by atomic mass is 10.1. The van der Waals surface area contributed by atoms with Gasteiger partial charge in [-0.05, 0) is 61.1 Å². The Labute approximate surface area is 159 Å². The van der Waals surface area contributed by atoms with Crippen LogP contribution in [0.15, 0.2) is 42.5 Å². The molecule has 2 aliphatic rings. The number of aryl methyl sites for hydroxylation is 1. The second kappa shape index (κ2) is 7.43. The van der Waals surface area contributed by atoms with Crippen LogP contribution in [0.4, 0.5) is 11.4 Å². The standard InChI is InChI=1S/C22H24N2O3/c1-27-19-9-2-15(3-10-19)4-11-21(25)23-18-8-7-16-12-13-24(20(16)14-18)22(26)17-5-6-17/h2-3,7-10,14,17H,4-6,11-13H2,1H3,(H,23,25). The molecule has 0 saturated heterocycles. The van der Waals surface area contributed by atoms with Gasteiger partial charge in [0.15, 0.2) is 0 Å². The molecular formula is C22H24N2O3. The minimum atomic E-state index is -0.0242. The lowest BCUT2D eigenvalue weighted by molar-refractivity contribution is -0.119. The van der Waals surface area contributed by atoms with E-state index in [1.807, 2.05) is 47.4 Å². The predicted molar refractivity (Wildman–Crippen MR) is 105 cm³/mol. The molecule has 0 bridgehead atoms. The van der Waals surface area contributed by atoms with Gasteiger partial charge in [0, 0.05) is 30.3 Å². The monoisotopic (exact) mass is 364 g/mol. The molecule has 0 unspecified atom stereocenters. The summed E-state index contributed by atoms with van der Waals surface area (Å²) in [5.74, 6) is 1.23. The van der Waals surface area contributed by atoms with Crippen LogP contribution in [0.2, 0.25) is 0 Å². The highest BCUT2D eigenvalue weighted by Gasteiger charge is 2.36. The summed E-state index contributed by atoms with van der Waals surface area (Å²) >= 11 is 0. The second-order valence-electron chi connectivity index (χ2n) is 7.25. The molecule has 1 saturated carbocycles. The minimum Gasteiger partial charge on any atom is -0.497 e. The molecule has 1 fully saturated rings. The van der Waals surface area contributed by atoms with Crippen LogP contribution in [-0.2, 0) is 22.4 Å². The maximum Gasteiger partial charge on any atom is 0.230 e. The molecule has 0 atom stereocenters. The van der Waals surface area contributed by atoms with Gasteiger partial charge in [-0.15, -0.1) is 0 Å². The zero-order valence-electron chi connectivity index (χ0n) is 15.5. The molecule has 5 heteroatoms. The Hall–Kier alpha value is -2.82. The van der Waals surface area contributed by atoms with Crippen LogP contribution in [0.3, 0.4) is 0 Å². The molecule has 27 heavy (non-hydrogen) atoms. The van der Waals surface area contributed by atoms with Crippen molar-refractivity contribution >= 4 is 23.2 Å². The van der Waals surface area contributed by atoms with Gasteiger partial charge in [-0.2, -0.15) is 0 Å². The molecule has 1 aliphatic carbocycles. The highest BCUT2D eigenvalue weighted by Crippen LogP contribution is 2.37. The maximum atomic E-state index is 12.4. The van der Waals surface area contributed by atoms with Crippen molar-refractivity contribution in [3.8, 4) is 5.75 Å². The third-order valence-electron chi connectivity index (χ3n) is 5.26. The number of methoxy groups -OCH3 is 1. The van der Waals surface area contributed by atoms with E-state index < -0.39 is 0 Å². The molecule has 0 aromatic heterocycles. The lowest BCUT2D eigenvalue weighted by Gasteiger charge is -2.18. The normalized spacial score (nSPS) is 15.4. The largest absolute Gasteiger partial charge is 0.497 e. The Balaban J connectivity index is 1.37. The topological polar surface area (TPSA) is 58.6 Å². The predicted octanol–water partition coefficient (Wildman–Crippen LogP) is 3.57. The number of carbonyl (C=O) groups excluding carboxylic acids is 2. The number of carbonyl (C=O) groups is 2. The van der Waals surface area contributed by atoms with E-state index in [-0.39, 0.29) is 17.7 Å². The molecule has 0 radical (unpaired) electrons. The molecule has 2 amide bonds. The Bertz CT molecular complexity index is 856. The first-order valence-corrected chi connectivity index (χ1v) is 9.51. The molecule has 4 rings (SSSR count). The van der Waals surface area contributed by atoms with Crippen molar-refractivity contribution < 1.29 is 14.3 Å². The van der Waals surface area contributed by atoms with Crippen LogP contribution < -0.4 is 15.0 Å². The molecule has 0 spiro atoms. The van der Waals surface area contributed by atoms with E-state index in [0.29, 0.717) is 12.8 Å². The Morgan fingerprint density at radius 1 is 1.15 bits per heavy atom. The van der Waals surface area contributed by atoms with Crippen LogP contribution in [0, 0.1) is 5.92 Å². The molecule has 1 heterocycles. The number of anilines is 2. The average molecular weight is 364 g/mol. The number of benzene rings is 2. The molecule has 2 aromatic carbocycles. The van der Waals surface area contributed by atoms with Gasteiger partial charge in [0.25, 0.3) is 0 Å². The fourth-order valence-electron chi connectivity index (χ4n) is 3.51. The van der Waals surface area contributed by atoms with E-state index in [2.05, 4.69) is 5.32 Å². The van der Waals surface area contributed by atoms with Crippen molar-refractivity contribution in [2.45, 2.75) is 32.1 Å². The number of fused-ring (bicyclic) bond motifs is 1. The Morgan fingerprint density at radius 2 is 1.93 bits per heavy atom. The fourth-order valence-corrected chi connectivity index (χ4v) is 3.51. The van der Waals surface area contributed by atoms with Gasteiger partial charge in [-0.25, -0.2) is 0 Å². The highest BCUT2D eigenvalue weighted by molar-refractivity contribution is 5.99. The first kappa shape index (κ1) is 17.6. The van der Waals surface area contributed by atoms with Crippen LogP contribution in [0.25, 0.3) is 0 Å². The average Bonchev–Trinajstić information content (AvgIpc) is 3.46. The SMILES string of the molecule is COc1ccc(CCC(=O)Nc2ccc3c(c2)N(C(=O)C2CC2)CC3)cc1. The summed E-state index contributed by atoms with van der Waals surface area (Å²) in [5, 5.41) is 2.97. The second-order valence-corrected chi connectivity index (χ2v) is 7.25. The van der Waals surface area contributed by atoms with Gasteiger partial charge >= 0.3 is 0 Å². The van der Waals surface area contributed by atoms with Gasteiger partial charge < -0.3 is 15.0 Å². The van der Waals surface area contributed by atoms with E-state index in [0.717, 1.165) is 48.5 Å². The highest BCUT2D eigenvalue weighted by atomic mass is 16.5. The van der Waals surface area contributed by atoms with Crippen molar-refractivity contribution in [2.75, 3.05) is 23.9 Å². The third-order valence-corrected chi connectivity index (χ3v) is 5.26. The van der Waals surface area contributed by atoms with Crippen molar-refractivity contribution in [2.24, 2.45) is 5.92 Å². The number of amides is 2. The van der Waals surface area contributed by atoms with Crippen molar-refractivity contribution in [1.82, 2.24) is 0 Å². The van der Waals surface area contributed by atoms with Crippen LogP contribution in [-0.4, -0.2) is 25.5 Å². The maximum absolute atomic E-state index is 12.4. The zero-order valence-corrected chi connectivity index (χ0v) is 15.5. The molecule has 5 nitrogen and oxygen atoms in total. The van der Waals surface area contributed by atoms with Gasteiger partial charge in [-0.3, -0.25) is 9.59 Å². The quantitative estimate of drug-likeness (QED) is 0.853. The number of rotatable bonds is 6. The summed E-state index contributed by atoms with van der Waals surface area (Å²) in [4.78, 5) is 26.7. The first-order chi connectivity index (χ1) is 13.1. The number of hydrogen-bond acceptors (Lipinski definition) is 3. The van der Waals surface area contributed by atoms with Crippen LogP contribution in [0.5, 0.6) is 5.75 Å². The molecule has 2 aromatic rings. The summed E-state index contributed by atoms with van der Waals surface area (Å²) in [5.41, 5.74) is 3.99. The number of nitrogens with one attached hydrogen (secondary N) is 1. The summed E-state index contributed by atoms with van der Waals surface area (Å²) in [6.45, 7) is 0.750. The minimum absolute atomic E-state index is 0.0242. The smallest absolute Gasteiger partial charge is 0.230 e. The van der Waals surface area contributed by atoms with E-state index in [1.54, 1.807) is 7.11 Å². The van der Waals surface area contributed by atoms with Crippen molar-refractivity contribution in [3.63, 3.8) is 0 Å². The van der Waals surface area contributed by atoms with E-state index >= 15 is 0 Å². The third kappa shape index (κ3) is 3.97. The molecular weight excluding hydrogens is 340 g/mol. The van der Waals surface area contributed by atoms with Crippen molar-refractivity contribution in [3.05, 3.63) is 53.6 Å². The molecule has 140 valence electrons. The Kier molecular flexibility index (Phi) is 4.84. The van der Waals surface area contributed by atoms with Gasteiger partial charge in [-0.1, -0.05) is 18.2 Å². The Morgan fingerprint density at radius 3 is 2.63 bits per heavy atom. The molecule has 1 aliphatic heterocycles. The fraction of sp³-hybridized carbons (Fsp3) is 0.364. The van der Waals surface area contributed by atoms with Crippen LogP contribution in [0.1, 0.15) is 30.4 Å². The van der Waals surface area contributed by atoms with E-state index in [1.165, 1.54) is 5.56 Å². The van der Waals surface area contributed by atoms with Gasteiger partial charge in [0.1, 0.15) is 5.75 Å². The first-order valence-electron chi connectivity index (χ1n) is 9.51. The summed E-state index contributed by atoms with van der Waals surface area (Å²) in [7, 11) is 1.64. The van der Waals surface area contributed by atoms with Gasteiger partial charge in [0.05, 0.1) is 7.11 Å². The summed E-state index contributed by atoms with van der Waals surface area (Å²) in [6, 6.07) is 13.6. The summed E-state index contributed by atoms with van der Waals surface area (Å²) < 4.78 is 5.15. The van der Waals surface area contributed by atoms with Crippen molar-refractivity contribution in [1.29, 1.82) is 0 Å². The van der Waals surface area contributed by atoms with E-state index in [9.17, 15) is 9.59 Å². The van der Waals surface area contributed by atoms with Crippen LogP contribution >= 0.6 is 0 Å². The summed E-state index contributed by atoms with van der Waals surface area (Å²) in [6.07, 6.45) is 3.99. The van der Waals surface area contributed by atoms with Gasteiger partial charge in [0.2, 0.25) is 11.8 Å². The number of hydrogen-bond donors (Lipinski definition) is 1. The number of nitrogens with zero attached hydrogens (tertiary/aromatic N) is 1. The van der Waals surface area contributed by atoms with E-state index in [4.69, 9.17) is 4.74 Å². The molecule has 1 N–H and O–H groups in total. The lowest BCUT2D eigenvalue weighted by Crippen LogP contribution is -2.30.